The van der Waals surface area contributed by atoms with Crippen molar-refractivity contribution in [3.63, 3.8) is 0 Å². The Balaban J connectivity index is 0.00000423. The quantitative estimate of drug-likeness (QED) is 0.166. The van der Waals surface area contributed by atoms with Gasteiger partial charge in [-0.25, -0.2) is 9.18 Å². The van der Waals surface area contributed by atoms with Gasteiger partial charge in [0.2, 0.25) is 0 Å². The van der Waals surface area contributed by atoms with Gasteiger partial charge in [-0.3, -0.25) is 9.89 Å². The number of para-hydroxylation sites is 1. The van der Waals surface area contributed by atoms with Crippen LogP contribution in [0.2, 0.25) is 0 Å². The van der Waals surface area contributed by atoms with Crippen LogP contribution in [0.1, 0.15) is 41.2 Å². The Kier molecular flexibility index (Phi) is 11.0. The molecule has 224 valence electrons. The van der Waals surface area contributed by atoms with Crippen molar-refractivity contribution in [3.05, 3.63) is 143 Å². The van der Waals surface area contributed by atoms with Gasteiger partial charge < -0.3 is 20.3 Å². The van der Waals surface area contributed by atoms with Crippen LogP contribution in [0.3, 0.4) is 0 Å². The maximum atomic E-state index is 14.5. The van der Waals surface area contributed by atoms with E-state index in [1.807, 2.05) is 36.4 Å². The molecule has 5 rings (SSSR count). The fourth-order valence-corrected chi connectivity index (χ4v) is 5.26. The number of likely N-dealkylation sites (tertiary alicyclic amines) is 1. The van der Waals surface area contributed by atoms with Crippen LogP contribution in [-0.4, -0.2) is 51.3 Å². The predicted octanol–water partition coefficient (Wildman–Crippen LogP) is 6.04. The van der Waals surface area contributed by atoms with Crippen molar-refractivity contribution in [1.29, 1.82) is 0 Å². The molecule has 1 saturated heterocycles. The molecule has 43 heavy (non-hydrogen) atoms. The summed E-state index contributed by atoms with van der Waals surface area (Å²) in [5, 5.41) is 25.6. The molecule has 1 heterocycles. The summed E-state index contributed by atoms with van der Waals surface area (Å²) in [5.41, 5.74) is 2.49. The first-order valence-corrected chi connectivity index (χ1v) is 13.8. The normalized spacial score (nSPS) is 16.6. The maximum absolute atomic E-state index is 14.5. The number of amides is 1. The van der Waals surface area contributed by atoms with Crippen molar-refractivity contribution >= 4 is 23.3 Å². The summed E-state index contributed by atoms with van der Waals surface area (Å²) in [6.07, 6.45) is -0.184. The number of aliphatic carboxylic acids is 1. The zero-order chi connectivity index (χ0) is 29.5. The van der Waals surface area contributed by atoms with Gasteiger partial charge in [-0.2, -0.15) is 0 Å². The van der Waals surface area contributed by atoms with E-state index in [1.165, 1.54) is 18.2 Å². The van der Waals surface area contributed by atoms with Gasteiger partial charge >= 0.3 is 5.97 Å². The standard InChI is InChI=1S/C34H32FN3O4.Ni/c35-27-18-9-7-16-25(27)32(39)31(34(41)42)37-30(24-14-5-2-6-15-24)26-17-8-10-19-28(26)36-33(40)29-20-11-21-38(29)22-23-12-3-1-4-13-23;/h1-10,12-19,29,31-32,39H,11,20-22H2,(H2,36,37,40,41,42);/p-1/t29-,31-,32-;/m0./s1. The predicted molar refractivity (Wildman–Crippen MR) is 159 cm³/mol. The van der Waals surface area contributed by atoms with Crippen LogP contribution in [0.5, 0.6) is 0 Å². The SMILES string of the molecule is O=C(O)[C@@H](N=C(c1ccccc1)c1ccccc1[N-]C(=O)[C@@H]1CCCN1Cc1ccccc1)[C@@H](O)c1ccccc1F.[Ni]. The van der Waals surface area contributed by atoms with E-state index in [-0.39, 0.29) is 39.7 Å². The Bertz CT molecular complexity index is 1570. The van der Waals surface area contributed by atoms with Crippen molar-refractivity contribution in [2.45, 2.75) is 37.6 Å². The molecule has 7 nitrogen and oxygen atoms in total. The minimum atomic E-state index is -1.75. The van der Waals surface area contributed by atoms with Crippen LogP contribution in [0, 0.1) is 5.82 Å². The molecule has 0 spiro atoms. The Labute approximate surface area is 260 Å². The number of carbonyl (C=O) groups is 2. The van der Waals surface area contributed by atoms with E-state index in [2.05, 4.69) is 15.2 Å². The summed E-state index contributed by atoms with van der Waals surface area (Å²) in [7, 11) is 0. The monoisotopic (exact) mass is 622 g/mol. The summed E-state index contributed by atoms with van der Waals surface area (Å²) in [6.45, 7) is 1.42. The van der Waals surface area contributed by atoms with Crippen LogP contribution < -0.4 is 0 Å². The second-order valence-electron chi connectivity index (χ2n) is 10.2. The second-order valence-corrected chi connectivity index (χ2v) is 10.2. The van der Waals surface area contributed by atoms with Crippen molar-refractivity contribution in [3.8, 4) is 0 Å². The molecule has 0 radical (unpaired) electrons. The van der Waals surface area contributed by atoms with E-state index in [0.717, 1.165) is 24.6 Å². The van der Waals surface area contributed by atoms with Crippen LogP contribution >= 0.6 is 0 Å². The fraction of sp³-hybridized carbons (Fsp3) is 0.206. The molecule has 1 fully saturated rings. The Hall–Kier alpha value is -4.17. The zero-order valence-electron chi connectivity index (χ0n) is 23.2. The van der Waals surface area contributed by atoms with Crippen LogP contribution in [-0.2, 0) is 32.6 Å². The number of benzene rings is 4. The van der Waals surface area contributed by atoms with Crippen LogP contribution in [0.4, 0.5) is 10.1 Å². The van der Waals surface area contributed by atoms with Gasteiger partial charge in [-0.1, -0.05) is 103 Å². The number of aliphatic hydroxyl groups excluding tert-OH is 1. The van der Waals surface area contributed by atoms with E-state index in [9.17, 15) is 24.2 Å². The van der Waals surface area contributed by atoms with Crippen molar-refractivity contribution in [1.82, 2.24) is 4.90 Å². The van der Waals surface area contributed by atoms with E-state index < -0.39 is 23.9 Å². The first kappa shape index (κ1) is 31.8. The van der Waals surface area contributed by atoms with Gasteiger partial charge in [0.1, 0.15) is 11.9 Å². The zero-order valence-corrected chi connectivity index (χ0v) is 24.2. The van der Waals surface area contributed by atoms with Crippen LogP contribution in [0.15, 0.2) is 114 Å². The minimum absolute atomic E-state index is 0. The molecular formula is C34H31FN3NiO4-. The van der Waals surface area contributed by atoms with Crippen molar-refractivity contribution < 1.29 is 40.7 Å². The molecule has 2 N–H and O–H groups in total. The maximum Gasteiger partial charge on any atom is 0.331 e. The van der Waals surface area contributed by atoms with Gasteiger partial charge in [0, 0.05) is 34.2 Å². The smallest absolute Gasteiger partial charge is 0.331 e. The number of aliphatic hydroxyl groups is 1. The number of rotatable bonds is 10. The van der Waals surface area contributed by atoms with Crippen LogP contribution in [0.25, 0.3) is 5.32 Å². The molecule has 0 bridgehead atoms. The molecule has 9 heteroatoms. The van der Waals surface area contributed by atoms with Crippen molar-refractivity contribution in [2.24, 2.45) is 4.99 Å². The van der Waals surface area contributed by atoms with Crippen molar-refractivity contribution in [2.75, 3.05) is 6.54 Å². The third-order valence-electron chi connectivity index (χ3n) is 7.36. The molecule has 1 aliphatic rings. The molecule has 1 amide bonds. The van der Waals surface area contributed by atoms with Gasteiger partial charge in [0.25, 0.3) is 0 Å². The molecule has 4 aromatic carbocycles. The number of carbonyl (C=O) groups excluding carboxylic acids is 1. The topological polar surface area (TPSA) is 104 Å². The first-order valence-electron chi connectivity index (χ1n) is 13.8. The van der Waals surface area contributed by atoms with E-state index in [4.69, 9.17) is 0 Å². The van der Waals surface area contributed by atoms with Gasteiger partial charge in [-0.05, 0) is 36.6 Å². The summed E-state index contributed by atoms with van der Waals surface area (Å²) < 4.78 is 14.5. The van der Waals surface area contributed by atoms with E-state index >= 15 is 0 Å². The first-order chi connectivity index (χ1) is 20.4. The number of hydrogen-bond acceptors (Lipinski definition) is 5. The number of halogens is 1. The van der Waals surface area contributed by atoms with E-state index in [1.54, 1.807) is 48.5 Å². The molecule has 3 atom stereocenters. The minimum Gasteiger partial charge on any atom is -0.625 e. The molecular weight excluding hydrogens is 592 g/mol. The van der Waals surface area contributed by atoms with Gasteiger partial charge in [0.15, 0.2) is 6.04 Å². The molecule has 0 unspecified atom stereocenters. The number of hydrogen-bond donors (Lipinski definition) is 2. The molecule has 0 aromatic heterocycles. The summed E-state index contributed by atoms with van der Waals surface area (Å²) >= 11 is 0. The summed E-state index contributed by atoms with van der Waals surface area (Å²) in [4.78, 5) is 32.6. The average molecular weight is 623 g/mol. The molecule has 1 aliphatic heterocycles. The summed E-state index contributed by atoms with van der Waals surface area (Å²) in [6, 6.07) is 29.1. The molecule has 4 aromatic rings. The third-order valence-corrected chi connectivity index (χ3v) is 7.36. The number of aliphatic imine (C=N–C) groups is 1. The average Bonchev–Trinajstić information content (AvgIpc) is 3.47. The Morgan fingerprint density at radius 1 is 0.907 bits per heavy atom. The van der Waals surface area contributed by atoms with Gasteiger partial charge in [-0.15, -0.1) is 5.69 Å². The second kappa shape index (κ2) is 14.8. The Morgan fingerprint density at radius 2 is 1.53 bits per heavy atom. The fourth-order valence-electron chi connectivity index (χ4n) is 5.26. The summed E-state index contributed by atoms with van der Waals surface area (Å²) in [5.74, 6) is -2.44. The number of nitrogens with zero attached hydrogens (tertiary/aromatic N) is 3. The molecule has 0 saturated carbocycles. The largest absolute Gasteiger partial charge is 0.625 e. The number of carboxylic acids is 1. The number of carboxylic acid groups (broad SMARTS) is 1. The third kappa shape index (κ3) is 7.62. The van der Waals surface area contributed by atoms with E-state index in [0.29, 0.717) is 29.8 Å². The van der Waals surface area contributed by atoms with Gasteiger partial charge in [0.05, 0.1) is 17.7 Å². The Morgan fingerprint density at radius 3 is 2.23 bits per heavy atom. The molecule has 0 aliphatic carbocycles.